The van der Waals surface area contributed by atoms with E-state index in [2.05, 4.69) is 57.6 Å². The Morgan fingerprint density at radius 1 is 1.30 bits per heavy atom. The average Bonchev–Trinajstić information content (AvgIpc) is 3.04. The van der Waals surface area contributed by atoms with Gasteiger partial charge in [0, 0.05) is 29.3 Å². The van der Waals surface area contributed by atoms with Crippen molar-refractivity contribution in [2.45, 2.75) is 26.9 Å². The molecule has 1 N–H and O–H groups in total. The smallest absolute Gasteiger partial charge is 0.113 e. The van der Waals surface area contributed by atoms with Crippen LogP contribution in [0, 0.1) is 6.92 Å². The van der Waals surface area contributed by atoms with E-state index < -0.39 is 0 Å². The molecule has 0 radical (unpaired) electrons. The molecule has 0 bridgehead atoms. The maximum Gasteiger partial charge on any atom is 0.113 e. The highest BCUT2D eigenvalue weighted by Crippen LogP contribution is 2.20. The number of nitrogens with one attached hydrogen (secondary N) is 1. The monoisotopic (exact) mass is 285 g/mol. The molecule has 2 aromatic heterocycles. The lowest BCUT2D eigenvalue weighted by molar-refractivity contribution is 0.727. The van der Waals surface area contributed by atoms with E-state index in [9.17, 15) is 0 Å². The zero-order valence-corrected chi connectivity index (χ0v) is 12.7. The van der Waals surface area contributed by atoms with Gasteiger partial charge >= 0.3 is 0 Å². The first-order chi connectivity index (χ1) is 9.76. The van der Waals surface area contributed by atoms with Gasteiger partial charge in [0.15, 0.2) is 0 Å². The van der Waals surface area contributed by atoms with Crippen molar-refractivity contribution in [2.75, 3.05) is 6.54 Å². The fourth-order valence-electron chi connectivity index (χ4n) is 2.39. The predicted molar refractivity (Wildman–Crippen MR) is 85.3 cm³/mol. The average molecular weight is 285 g/mol. The molecule has 0 spiro atoms. The molecule has 2 heterocycles. The van der Waals surface area contributed by atoms with Gasteiger partial charge in [-0.25, -0.2) is 4.98 Å². The van der Waals surface area contributed by atoms with Gasteiger partial charge in [-0.1, -0.05) is 13.0 Å². The first kappa shape index (κ1) is 13.3. The number of aromatic nitrogens is 2. The van der Waals surface area contributed by atoms with Crippen LogP contribution in [0.2, 0.25) is 0 Å². The lowest BCUT2D eigenvalue weighted by Gasteiger charge is -2.05. The van der Waals surface area contributed by atoms with Gasteiger partial charge in [-0.2, -0.15) is 0 Å². The first-order valence-corrected chi connectivity index (χ1v) is 7.83. The maximum absolute atomic E-state index is 4.54. The molecule has 4 heteroatoms. The molecule has 0 saturated carbocycles. The van der Waals surface area contributed by atoms with Crippen LogP contribution in [0.1, 0.15) is 23.2 Å². The Morgan fingerprint density at radius 3 is 2.95 bits per heavy atom. The van der Waals surface area contributed by atoms with Crippen LogP contribution >= 0.6 is 11.3 Å². The minimum absolute atomic E-state index is 0.856. The second-order valence-corrected chi connectivity index (χ2v) is 5.94. The number of fused-ring (bicyclic) bond motifs is 1. The summed E-state index contributed by atoms with van der Waals surface area (Å²) in [4.78, 5) is 4.54. The largest absolute Gasteiger partial charge is 0.341 e. The highest BCUT2D eigenvalue weighted by molar-refractivity contribution is 7.09. The number of hydrogen-bond donors (Lipinski definition) is 1. The molecule has 3 nitrogen and oxygen atoms in total. The summed E-state index contributed by atoms with van der Waals surface area (Å²) in [5, 5.41) is 7.93. The molecule has 0 amide bonds. The van der Waals surface area contributed by atoms with Crippen LogP contribution in [0.3, 0.4) is 0 Å². The lowest BCUT2D eigenvalue weighted by atomic mass is 10.1. The fourth-order valence-corrected chi connectivity index (χ4v) is 3.16. The Morgan fingerprint density at radius 2 is 2.20 bits per heavy atom. The molecule has 20 heavy (non-hydrogen) atoms. The highest BCUT2D eigenvalue weighted by atomic mass is 32.1. The van der Waals surface area contributed by atoms with Crippen molar-refractivity contribution < 1.29 is 0 Å². The van der Waals surface area contributed by atoms with Crippen molar-refractivity contribution in [3.8, 4) is 0 Å². The Bertz CT molecular complexity index is 711. The van der Waals surface area contributed by atoms with Gasteiger partial charge in [-0.05, 0) is 42.6 Å². The predicted octanol–water partition coefficient (Wildman–Crippen LogP) is 3.56. The highest BCUT2D eigenvalue weighted by Gasteiger charge is 2.05. The van der Waals surface area contributed by atoms with Crippen LogP contribution in [-0.2, 0) is 13.1 Å². The molecule has 0 unspecified atom stereocenters. The van der Waals surface area contributed by atoms with Crippen molar-refractivity contribution in [1.29, 1.82) is 0 Å². The standard InChI is InChI=1S/C16H19N3S/c1-3-17-9-13-4-5-15-14(8-13)6-7-19(15)10-16-18-12(2)11-20-16/h4-8,11,17H,3,9-10H2,1-2H3. The Kier molecular flexibility index (Phi) is 3.85. The third-order valence-electron chi connectivity index (χ3n) is 3.39. The number of rotatable bonds is 5. The Hall–Kier alpha value is -1.65. The topological polar surface area (TPSA) is 29.9 Å². The Labute approximate surface area is 123 Å². The van der Waals surface area contributed by atoms with E-state index in [1.807, 2.05) is 6.92 Å². The third kappa shape index (κ3) is 2.76. The quantitative estimate of drug-likeness (QED) is 0.776. The van der Waals surface area contributed by atoms with Crippen LogP contribution in [0.25, 0.3) is 10.9 Å². The summed E-state index contributed by atoms with van der Waals surface area (Å²) >= 11 is 1.73. The van der Waals surface area contributed by atoms with Crippen molar-refractivity contribution in [3.05, 3.63) is 52.1 Å². The number of nitrogens with zero attached hydrogens (tertiary/aromatic N) is 2. The molecule has 104 valence electrons. The van der Waals surface area contributed by atoms with Crippen molar-refractivity contribution >= 4 is 22.2 Å². The normalized spacial score (nSPS) is 11.3. The fraction of sp³-hybridized carbons (Fsp3) is 0.312. The van der Waals surface area contributed by atoms with Crippen LogP contribution in [0.5, 0.6) is 0 Å². The van der Waals surface area contributed by atoms with Crippen molar-refractivity contribution in [2.24, 2.45) is 0 Å². The molecule has 0 aliphatic rings. The molecular weight excluding hydrogens is 266 g/mol. The van der Waals surface area contributed by atoms with E-state index in [1.165, 1.54) is 16.5 Å². The van der Waals surface area contributed by atoms with Gasteiger partial charge in [0.2, 0.25) is 0 Å². The molecule has 3 aromatic rings. The van der Waals surface area contributed by atoms with E-state index >= 15 is 0 Å². The summed E-state index contributed by atoms with van der Waals surface area (Å²) in [6.07, 6.45) is 2.15. The van der Waals surface area contributed by atoms with Crippen LogP contribution in [0.4, 0.5) is 0 Å². The SMILES string of the molecule is CCNCc1ccc2c(ccn2Cc2nc(C)cs2)c1. The van der Waals surface area contributed by atoms with Crippen LogP contribution in [-0.4, -0.2) is 16.1 Å². The van der Waals surface area contributed by atoms with E-state index in [-0.39, 0.29) is 0 Å². The third-order valence-corrected chi connectivity index (χ3v) is 4.34. The molecule has 0 aliphatic carbocycles. The summed E-state index contributed by atoms with van der Waals surface area (Å²) in [6.45, 7) is 6.96. The van der Waals surface area contributed by atoms with Gasteiger partial charge in [0.1, 0.15) is 5.01 Å². The number of benzene rings is 1. The van der Waals surface area contributed by atoms with Gasteiger partial charge < -0.3 is 9.88 Å². The summed E-state index contributed by atoms with van der Waals surface area (Å²) < 4.78 is 2.27. The molecular formula is C16H19N3S. The van der Waals surface area contributed by atoms with Gasteiger partial charge in [0.05, 0.1) is 6.54 Å². The number of aryl methyl sites for hydroxylation is 1. The minimum atomic E-state index is 0.856. The van der Waals surface area contributed by atoms with Crippen LogP contribution in [0.15, 0.2) is 35.8 Å². The molecule has 0 atom stereocenters. The van der Waals surface area contributed by atoms with Crippen molar-refractivity contribution in [1.82, 2.24) is 14.9 Å². The Balaban J connectivity index is 1.85. The van der Waals surface area contributed by atoms with Gasteiger partial charge in [0.25, 0.3) is 0 Å². The zero-order chi connectivity index (χ0) is 13.9. The summed E-state index contributed by atoms with van der Waals surface area (Å²) in [5.74, 6) is 0. The molecule has 0 fully saturated rings. The van der Waals surface area contributed by atoms with E-state index in [1.54, 1.807) is 11.3 Å². The molecule has 0 aliphatic heterocycles. The molecule has 0 saturated heterocycles. The molecule has 1 aromatic carbocycles. The maximum atomic E-state index is 4.54. The number of hydrogen-bond acceptors (Lipinski definition) is 3. The van der Waals surface area contributed by atoms with Crippen molar-refractivity contribution in [3.63, 3.8) is 0 Å². The van der Waals surface area contributed by atoms with E-state index in [0.29, 0.717) is 0 Å². The second-order valence-electron chi connectivity index (χ2n) is 5.00. The van der Waals surface area contributed by atoms with Gasteiger partial charge in [-0.15, -0.1) is 11.3 Å². The lowest BCUT2D eigenvalue weighted by Crippen LogP contribution is -2.11. The minimum Gasteiger partial charge on any atom is -0.341 e. The van der Waals surface area contributed by atoms with Gasteiger partial charge in [-0.3, -0.25) is 0 Å². The first-order valence-electron chi connectivity index (χ1n) is 6.96. The van der Waals surface area contributed by atoms with Crippen LogP contribution < -0.4 is 5.32 Å². The van der Waals surface area contributed by atoms with E-state index in [0.717, 1.165) is 30.3 Å². The zero-order valence-electron chi connectivity index (χ0n) is 11.9. The molecule has 3 rings (SSSR count). The summed E-state index contributed by atoms with van der Waals surface area (Å²) in [7, 11) is 0. The summed E-state index contributed by atoms with van der Waals surface area (Å²) in [6, 6.07) is 8.86. The number of thiazole rings is 1. The second kappa shape index (κ2) is 5.77. The summed E-state index contributed by atoms with van der Waals surface area (Å²) in [5.41, 5.74) is 3.72. The van der Waals surface area contributed by atoms with E-state index in [4.69, 9.17) is 0 Å².